The molecule has 2 N–H and O–H groups in total. The van der Waals surface area contributed by atoms with Crippen LogP contribution in [0.4, 0.5) is 11.4 Å². The van der Waals surface area contributed by atoms with Crippen LogP contribution >= 0.6 is 15.8 Å². The third-order valence-electron chi connectivity index (χ3n) is 7.90. The Labute approximate surface area is 283 Å². The SMILES string of the molecule is COCOc1ccc(C)cc1P1CN(c2ccc(C(=O)O)cc2)CP(c2cc(C)ccc2OCOC)CN(c2ccc(C(=O)O)cc2)C1. The third kappa shape index (κ3) is 8.63. The molecular formula is C36H40N2O8P2. The zero-order valence-electron chi connectivity index (χ0n) is 27.5. The van der Waals surface area contributed by atoms with E-state index in [1.807, 2.05) is 48.5 Å². The molecule has 48 heavy (non-hydrogen) atoms. The van der Waals surface area contributed by atoms with Crippen LogP contribution in [0, 0.1) is 13.8 Å². The minimum atomic E-state index is -0.970. The molecule has 4 aromatic carbocycles. The fourth-order valence-electron chi connectivity index (χ4n) is 5.50. The van der Waals surface area contributed by atoms with Gasteiger partial charge >= 0.3 is 11.9 Å². The van der Waals surface area contributed by atoms with Gasteiger partial charge in [0, 0.05) is 61.3 Å². The van der Waals surface area contributed by atoms with Gasteiger partial charge in [-0.25, -0.2) is 9.59 Å². The van der Waals surface area contributed by atoms with E-state index in [9.17, 15) is 19.8 Å². The van der Waals surface area contributed by atoms with Crippen molar-refractivity contribution in [2.75, 3.05) is 62.7 Å². The molecule has 1 fully saturated rings. The predicted octanol–water partition coefficient (Wildman–Crippen LogP) is 6.44. The molecule has 0 radical (unpaired) electrons. The fraction of sp³-hybridized carbons (Fsp3) is 0.278. The molecule has 4 aromatic rings. The van der Waals surface area contributed by atoms with Crippen LogP contribution in [0.1, 0.15) is 31.8 Å². The monoisotopic (exact) mass is 690 g/mol. The first-order valence-corrected chi connectivity index (χ1v) is 18.7. The summed E-state index contributed by atoms with van der Waals surface area (Å²) in [5.74, 6) is -0.425. The molecule has 0 atom stereocenters. The number of aryl methyl sites for hydroxylation is 2. The van der Waals surface area contributed by atoms with Crippen molar-refractivity contribution in [2.24, 2.45) is 0 Å². The molecular weight excluding hydrogens is 650 g/mol. The van der Waals surface area contributed by atoms with E-state index < -0.39 is 27.8 Å². The lowest BCUT2D eigenvalue weighted by Gasteiger charge is -2.42. The van der Waals surface area contributed by atoms with E-state index >= 15 is 0 Å². The first-order valence-electron chi connectivity index (χ1n) is 15.3. The number of hydrogen-bond donors (Lipinski definition) is 2. The Morgan fingerprint density at radius 3 is 1.27 bits per heavy atom. The number of methoxy groups -OCH3 is 2. The maximum absolute atomic E-state index is 11.7. The Kier molecular flexibility index (Phi) is 11.9. The highest BCUT2D eigenvalue weighted by atomic mass is 31.1. The van der Waals surface area contributed by atoms with E-state index in [1.165, 1.54) is 0 Å². The van der Waals surface area contributed by atoms with Crippen LogP contribution in [0.3, 0.4) is 0 Å². The van der Waals surface area contributed by atoms with Gasteiger partial charge in [0.2, 0.25) is 0 Å². The van der Waals surface area contributed by atoms with E-state index in [-0.39, 0.29) is 24.7 Å². The number of ether oxygens (including phenoxy) is 4. The minimum absolute atomic E-state index is 0.114. The Bertz CT molecular complexity index is 1580. The normalized spacial score (nSPS) is 16.6. The Morgan fingerprint density at radius 2 is 0.958 bits per heavy atom. The maximum atomic E-state index is 11.7. The lowest BCUT2D eigenvalue weighted by Crippen LogP contribution is -2.38. The Morgan fingerprint density at radius 1 is 0.604 bits per heavy atom. The predicted molar refractivity (Wildman–Crippen MR) is 192 cm³/mol. The number of carbonyl (C=O) groups is 2. The second-order valence-electron chi connectivity index (χ2n) is 11.5. The molecule has 0 bridgehead atoms. The molecule has 10 nitrogen and oxygen atoms in total. The summed E-state index contributed by atoms with van der Waals surface area (Å²) in [5, 5.41) is 21.4. The Balaban J connectivity index is 1.65. The highest BCUT2D eigenvalue weighted by Crippen LogP contribution is 2.50. The molecule has 1 aliphatic rings. The average Bonchev–Trinajstić information content (AvgIpc) is 3.07. The summed E-state index contributed by atoms with van der Waals surface area (Å²) in [4.78, 5) is 28.1. The van der Waals surface area contributed by atoms with E-state index in [0.29, 0.717) is 25.1 Å². The first kappa shape index (κ1) is 35.1. The number of carboxylic acid groups (broad SMARTS) is 2. The molecule has 1 heterocycles. The van der Waals surface area contributed by atoms with E-state index in [0.717, 1.165) is 44.6 Å². The maximum Gasteiger partial charge on any atom is 0.335 e. The lowest BCUT2D eigenvalue weighted by atomic mass is 10.2. The van der Waals surface area contributed by atoms with Crippen molar-refractivity contribution < 1.29 is 38.7 Å². The van der Waals surface area contributed by atoms with E-state index in [2.05, 4.69) is 35.8 Å². The molecule has 0 amide bonds. The molecule has 0 spiro atoms. The zero-order valence-corrected chi connectivity index (χ0v) is 29.2. The molecule has 12 heteroatoms. The summed E-state index contributed by atoms with van der Waals surface area (Å²) < 4.78 is 22.7. The molecule has 0 aromatic heterocycles. The number of hydrogen-bond acceptors (Lipinski definition) is 8. The van der Waals surface area contributed by atoms with Crippen molar-refractivity contribution >= 4 is 49.8 Å². The summed E-state index contributed by atoms with van der Waals surface area (Å²) in [6.07, 6.45) is 2.66. The van der Waals surface area contributed by atoms with Crippen LogP contribution < -0.4 is 29.9 Å². The van der Waals surface area contributed by atoms with Gasteiger partial charge in [-0.15, -0.1) is 0 Å². The Hall–Kier alpha value is -4.20. The number of anilines is 2. The fourth-order valence-corrected chi connectivity index (χ4v) is 11.0. The summed E-state index contributed by atoms with van der Waals surface area (Å²) in [6.45, 7) is 4.35. The van der Waals surface area contributed by atoms with Crippen LogP contribution in [0.25, 0.3) is 0 Å². The average molecular weight is 691 g/mol. The second-order valence-corrected chi connectivity index (χ2v) is 15.7. The van der Waals surface area contributed by atoms with Crippen LogP contribution in [0.15, 0.2) is 84.9 Å². The van der Waals surface area contributed by atoms with E-state index in [4.69, 9.17) is 18.9 Å². The highest BCUT2D eigenvalue weighted by Gasteiger charge is 2.31. The smallest absolute Gasteiger partial charge is 0.335 e. The van der Waals surface area contributed by atoms with Gasteiger partial charge in [-0.1, -0.05) is 23.3 Å². The van der Waals surface area contributed by atoms with Crippen molar-refractivity contribution in [3.63, 3.8) is 0 Å². The summed E-state index contributed by atoms with van der Waals surface area (Å²) in [6, 6.07) is 26.5. The second kappa shape index (κ2) is 16.3. The van der Waals surface area contributed by atoms with Crippen molar-refractivity contribution in [3.05, 3.63) is 107 Å². The minimum Gasteiger partial charge on any atom is -0.478 e. The largest absolute Gasteiger partial charge is 0.478 e. The van der Waals surface area contributed by atoms with Crippen LogP contribution in [0.5, 0.6) is 11.5 Å². The molecule has 252 valence electrons. The van der Waals surface area contributed by atoms with Crippen LogP contribution in [-0.2, 0) is 9.47 Å². The third-order valence-corrected chi connectivity index (χ3v) is 12.7. The number of nitrogens with zero attached hydrogens (tertiary/aromatic N) is 2. The van der Waals surface area contributed by atoms with Gasteiger partial charge in [0.05, 0.1) is 11.1 Å². The summed E-state index contributed by atoms with van der Waals surface area (Å²) in [5.41, 5.74) is 4.53. The van der Waals surface area contributed by atoms with Crippen LogP contribution in [-0.4, -0.2) is 75.1 Å². The summed E-state index contributed by atoms with van der Waals surface area (Å²) in [7, 11) is 1.30. The number of carboxylic acids is 2. The van der Waals surface area contributed by atoms with Crippen molar-refractivity contribution in [1.82, 2.24) is 0 Å². The molecule has 1 saturated heterocycles. The van der Waals surface area contributed by atoms with Gasteiger partial charge in [-0.05, 0) is 102 Å². The summed E-state index contributed by atoms with van der Waals surface area (Å²) >= 11 is 0. The van der Waals surface area contributed by atoms with E-state index in [1.54, 1.807) is 38.5 Å². The van der Waals surface area contributed by atoms with Gasteiger partial charge in [-0.2, -0.15) is 0 Å². The molecule has 0 unspecified atom stereocenters. The molecule has 0 aliphatic carbocycles. The van der Waals surface area contributed by atoms with Gasteiger partial charge in [0.1, 0.15) is 11.5 Å². The highest BCUT2D eigenvalue weighted by molar-refractivity contribution is 7.68. The van der Waals surface area contributed by atoms with Gasteiger partial charge in [0.25, 0.3) is 0 Å². The molecule has 5 rings (SSSR count). The van der Waals surface area contributed by atoms with Gasteiger partial charge in [-0.3, -0.25) is 0 Å². The quantitative estimate of drug-likeness (QED) is 0.127. The molecule has 1 aliphatic heterocycles. The zero-order chi connectivity index (χ0) is 34.2. The van der Waals surface area contributed by atoms with Crippen LogP contribution in [0.2, 0.25) is 0 Å². The number of benzene rings is 4. The van der Waals surface area contributed by atoms with Crippen molar-refractivity contribution in [1.29, 1.82) is 0 Å². The van der Waals surface area contributed by atoms with Crippen molar-refractivity contribution in [3.8, 4) is 11.5 Å². The van der Waals surface area contributed by atoms with Crippen molar-refractivity contribution in [2.45, 2.75) is 13.8 Å². The number of aromatic carboxylic acids is 2. The van der Waals surface area contributed by atoms with Gasteiger partial charge < -0.3 is 39.0 Å². The topological polar surface area (TPSA) is 118 Å². The van der Waals surface area contributed by atoms with Gasteiger partial charge in [0.15, 0.2) is 13.6 Å². The standard InChI is InChI=1S/C36H40N2O8P2/c1-25-5-15-31(45-23-43-3)33(17-25)47-19-37(29-11-7-27(8-12-29)35(39)40)21-48(34-18-26(2)6-16-32(34)46-24-44-4)22-38(20-47)30-13-9-28(10-14-30)36(41)42/h5-18H,19-24H2,1-4H3,(H,39,40)(H,41,42). The lowest BCUT2D eigenvalue weighted by molar-refractivity contribution is 0.0517. The first-order chi connectivity index (χ1) is 23.2. The molecule has 0 saturated carbocycles. The number of rotatable bonds is 12.